The van der Waals surface area contributed by atoms with Crippen molar-refractivity contribution in [2.75, 3.05) is 6.61 Å². The quantitative estimate of drug-likeness (QED) is 0.355. The Labute approximate surface area is 160 Å². The van der Waals surface area contributed by atoms with Crippen molar-refractivity contribution in [1.82, 2.24) is 4.98 Å². The SMILES string of the molecule is CCCCCCCOc1ccccc1-c1ccncc1CCCCCC. The first-order chi connectivity index (χ1) is 12.9. The summed E-state index contributed by atoms with van der Waals surface area (Å²) < 4.78 is 6.15. The molecular weight excluding hydrogens is 318 g/mol. The lowest BCUT2D eigenvalue weighted by Crippen LogP contribution is -2.00. The fourth-order valence-electron chi connectivity index (χ4n) is 3.33. The summed E-state index contributed by atoms with van der Waals surface area (Å²) in [6, 6.07) is 10.6. The van der Waals surface area contributed by atoms with Crippen molar-refractivity contribution in [3.63, 3.8) is 0 Å². The molecule has 0 atom stereocenters. The van der Waals surface area contributed by atoms with Gasteiger partial charge in [-0.2, -0.15) is 0 Å². The predicted molar refractivity (Wildman–Crippen MR) is 112 cm³/mol. The molecule has 2 aromatic rings. The first-order valence-corrected chi connectivity index (χ1v) is 10.5. The third kappa shape index (κ3) is 6.82. The Morgan fingerprint density at radius 3 is 2.31 bits per heavy atom. The van der Waals surface area contributed by atoms with E-state index < -0.39 is 0 Å². The van der Waals surface area contributed by atoms with E-state index in [2.05, 4.69) is 49.2 Å². The third-order valence-corrected chi connectivity index (χ3v) is 4.89. The second-order valence-corrected chi connectivity index (χ2v) is 7.10. The van der Waals surface area contributed by atoms with Crippen molar-refractivity contribution >= 4 is 0 Å². The number of nitrogens with zero attached hydrogens (tertiary/aromatic N) is 1. The van der Waals surface area contributed by atoms with Gasteiger partial charge in [-0.05, 0) is 42.5 Å². The largest absolute Gasteiger partial charge is 0.493 e. The first-order valence-electron chi connectivity index (χ1n) is 10.5. The van der Waals surface area contributed by atoms with E-state index in [1.165, 1.54) is 68.1 Å². The van der Waals surface area contributed by atoms with Crippen molar-refractivity contribution < 1.29 is 4.74 Å². The van der Waals surface area contributed by atoms with Gasteiger partial charge in [0.25, 0.3) is 0 Å². The maximum atomic E-state index is 6.15. The van der Waals surface area contributed by atoms with Crippen LogP contribution in [0.4, 0.5) is 0 Å². The van der Waals surface area contributed by atoms with Crippen LogP contribution in [0.5, 0.6) is 5.75 Å². The van der Waals surface area contributed by atoms with Crippen LogP contribution in [0.2, 0.25) is 0 Å². The first kappa shape index (κ1) is 20.5. The molecule has 2 rings (SSSR count). The number of para-hydroxylation sites is 1. The predicted octanol–water partition coefficient (Wildman–Crippen LogP) is 7.22. The molecule has 142 valence electrons. The number of aryl methyl sites for hydroxylation is 1. The van der Waals surface area contributed by atoms with E-state index in [4.69, 9.17) is 4.74 Å². The van der Waals surface area contributed by atoms with Crippen molar-refractivity contribution in [2.45, 2.75) is 78.1 Å². The van der Waals surface area contributed by atoms with Crippen molar-refractivity contribution in [3.8, 4) is 16.9 Å². The topological polar surface area (TPSA) is 22.1 Å². The Hall–Kier alpha value is -1.83. The van der Waals surface area contributed by atoms with Crippen LogP contribution in [0.3, 0.4) is 0 Å². The van der Waals surface area contributed by atoms with E-state index in [1.807, 2.05) is 12.4 Å². The summed E-state index contributed by atoms with van der Waals surface area (Å²) in [5.74, 6) is 1.00. The molecule has 26 heavy (non-hydrogen) atoms. The van der Waals surface area contributed by atoms with Crippen LogP contribution in [-0.2, 0) is 6.42 Å². The zero-order valence-corrected chi connectivity index (χ0v) is 16.7. The molecule has 1 aromatic carbocycles. The summed E-state index contributed by atoms with van der Waals surface area (Å²) in [4.78, 5) is 4.36. The van der Waals surface area contributed by atoms with Gasteiger partial charge in [-0.25, -0.2) is 0 Å². The van der Waals surface area contributed by atoms with Crippen LogP contribution in [0.1, 0.15) is 77.2 Å². The van der Waals surface area contributed by atoms with Crippen molar-refractivity contribution in [1.29, 1.82) is 0 Å². The highest BCUT2D eigenvalue weighted by atomic mass is 16.5. The lowest BCUT2D eigenvalue weighted by molar-refractivity contribution is 0.305. The fourth-order valence-corrected chi connectivity index (χ4v) is 3.33. The standard InChI is InChI=1S/C24H35NO/c1-3-5-7-9-13-19-26-24-16-12-11-15-23(24)22-17-18-25-20-21(22)14-10-8-6-4-2/h11-12,15-18,20H,3-10,13-14,19H2,1-2H3. The third-order valence-electron chi connectivity index (χ3n) is 4.89. The Morgan fingerprint density at radius 2 is 1.50 bits per heavy atom. The molecule has 0 radical (unpaired) electrons. The molecule has 2 nitrogen and oxygen atoms in total. The number of ether oxygens (including phenoxy) is 1. The van der Waals surface area contributed by atoms with E-state index in [1.54, 1.807) is 0 Å². The lowest BCUT2D eigenvalue weighted by atomic mass is 9.97. The lowest BCUT2D eigenvalue weighted by Gasteiger charge is -2.14. The average molecular weight is 354 g/mol. The monoisotopic (exact) mass is 353 g/mol. The highest BCUT2D eigenvalue weighted by molar-refractivity contribution is 5.72. The highest BCUT2D eigenvalue weighted by Gasteiger charge is 2.10. The zero-order valence-electron chi connectivity index (χ0n) is 16.7. The molecule has 1 heterocycles. The normalized spacial score (nSPS) is 10.8. The van der Waals surface area contributed by atoms with Crippen LogP contribution in [-0.4, -0.2) is 11.6 Å². The van der Waals surface area contributed by atoms with Crippen molar-refractivity contribution in [3.05, 3.63) is 48.3 Å². The van der Waals surface area contributed by atoms with Gasteiger partial charge in [0.1, 0.15) is 5.75 Å². The van der Waals surface area contributed by atoms with Gasteiger partial charge in [0.15, 0.2) is 0 Å². The van der Waals surface area contributed by atoms with E-state index >= 15 is 0 Å². The van der Waals surface area contributed by atoms with Gasteiger partial charge in [-0.1, -0.05) is 77.0 Å². The number of benzene rings is 1. The number of hydrogen-bond acceptors (Lipinski definition) is 2. The minimum absolute atomic E-state index is 0.803. The second kappa shape index (κ2) is 12.5. The van der Waals surface area contributed by atoms with Gasteiger partial charge in [0.2, 0.25) is 0 Å². The molecule has 1 aromatic heterocycles. The minimum Gasteiger partial charge on any atom is -0.493 e. The molecule has 0 aliphatic carbocycles. The van der Waals surface area contributed by atoms with Gasteiger partial charge >= 0.3 is 0 Å². The van der Waals surface area contributed by atoms with Gasteiger partial charge in [0.05, 0.1) is 6.61 Å². The molecule has 0 spiro atoms. The number of aromatic nitrogens is 1. The number of hydrogen-bond donors (Lipinski definition) is 0. The highest BCUT2D eigenvalue weighted by Crippen LogP contribution is 2.32. The molecule has 0 bridgehead atoms. The number of unbranched alkanes of at least 4 members (excludes halogenated alkanes) is 7. The molecule has 2 heteroatoms. The summed E-state index contributed by atoms with van der Waals surface area (Å²) in [6.45, 7) is 5.31. The molecular formula is C24H35NO. The van der Waals surface area contributed by atoms with Crippen LogP contribution >= 0.6 is 0 Å². The van der Waals surface area contributed by atoms with Gasteiger partial charge in [-0.15, -0.1) is 0 Å². The molecule has 0 saturated carbocycles. The summed E-state index contributed by atoms with van der Waals surface area (Å²) >= 11 is 0. The zero-order chi connectivity index (χ0) is 18.5. The minimum atomic E-state index is 0.803. The maximum Gasteiger partial charge on any atom is 0.127 e. The summed E-state index contributed by atoms with van der Waals surface area (Å²) in [6.07, 6.45) is 16.4. The summed E-state index contributed by atoms with van der Waals surface area (Å²) in [5, 5.41) is 0. The molecule has 0 aliphatic heterocycles. The smallest absolute Gasteiger partial charge is 0.127 e. The van der Waals surface area contributed by atoms with Crippen LogP contribution < -0.4 is 4.74 Å². The van der Waals surface area contributed by atoms with Gasteiger partial charge in [0, 0.05) is 18.0 Å². The number of pyridine rings is 1. The Kier molecular flexibility index (Phi) is 9.86. The fraction of sp³-hybridized carbons (Fsp3) is 0.542. The van der Waals surface area contributed by atoms with Crippen LogP contribution in [0.15, 0.2) is 42.7 Å². The van der Waals surface area contributed by atoms with E-state index in [0.29, 0.717) is 0 Å². The molecule has 0 fully saturated rings. The van der Waals surface area contributed by atoms with Crippen LogP contribution in [0.25, 0.3) is 11.1 Å². The molecule has 0 unspecified atom stereocenters. The summed E-state index contributed by atoms with van der Waals surface area (Å²) in [5.41, 5.74) is 3.81. The van der Waals surface area contributed by atoms with E-state index in [9.17, 15) is 0 Å². The van der Waals surface area contributed by atoms with E-state index in [0.717, 1.165) is 25.2 Å². The maximum absolute atomic E-state index is 6.15. The van der Waals surface area contributed by atoms with E-state index in [-0.39, 0.29) is 0 Å². The number of rotatable bonds is 13. The second-order valence-electron chi connectivity index (χ2n) is 7.10. The van der Waals surface area contributed by atoms with Crippen molar-refractivity contribution in [2.24, 2.45) is 0 Å². The molecule has 0 N–H and O–H groups in total. The molecule has 0 amide bonds. The molecule has 0 saturated heterocycles. The van der Waals surface area contributed by atoms with Gasteiger partial charge < -0.3 is 4.74 Å². The average Bonchev–Trinajstić information content (AvgIpc) is 2.69. The van der Waals surface area contributed by atoms with Gasteiger partial charge in [-0.3, -0.25) is 4.98 Å². The van der Waals surface area contributed by atoms with Crippen LogP contribution in [0, 0.1) is 0 Å². The Bertz CT molecular complexity index is 623. The Balaban J connectivity index is 2.02. The molecule has 0 aliphatic rings. The Morgan fingerprint density at radius 1 is 0.769 bits per heavy atom. The summed E-state index contributed by atoms with van der Waals surface area (Å²) in [7, 11) is 0.